The summed E-state index contributed by atoms with van der Waals surface area (Å²) in [5, 5.41) is 14.1. The minimum absolute atomic E-state index is 0.145. The van der Waals surface area contributed by atoms with Crippen molar-refractivity contribution >= 4 is 16.7 Å². The van der Waals surface area contributed by atoms with Crippen molar-refractivity contribution in [2.24, 2.45) is 5.41 Å². The first-order valence-electron chi connectivity index (χ1n) is 10.9. The van der Waals surface area contributed by atoms with Gasteiger partial charge in [0.25, 0.3) is 0 Å². The highest BCUT2D eigenvalue weighted by atomic mass is 16.5. The molecule has 1 saturated heterocycles. The van der Waals surface area contributed by atoms with Crippen LogP contribution in [0.1, 0.15) is 19.3 Å². The quantitative estimate of drug-likeness (QED) is 0.538. The smallest absolute Gasteiger partial charge is 0.145 e. The predicted octanol–water partition coefficient (Wildman–Crippen LogP) is 3.69. The zero-order valence-corrected chi connectivity index (χ0v) is 17.8. The average molecular weight is 421 g/mol. The first-order chi connectivity index (χ1) is 15.1. The number of likely N-dealkylation sites (tertiary alicyclic amines) is 1. The Hall–Kier alpha value is -2.90. The second kappa shape index (κ2) is 8.32. The largest absolute Gasteiger partial charge is 0.493 e. The van der Waals surface area contributed by atoms with E-state index >= 15 is 0 Å². The van der Waals surface area contributed by atoms with Gasteiger partial charge in [0.05, 0.1) is 24.4 Å². The molecule has 2 aliphatic rings. The SMILES string of the molecule is CNc1ccc(Oc2ccnc3cc(OCCCN4CC(O)C5(CC5)C4)ccc23)cn1. The maximum atomic E-state index is 10.2. The predicted molar refractivity (Wildman–Crippen MR) is 120 cm³/mol. The van der Waals surface area contributed by atoms with Gasteiger partial charge in [-0.25, -0.2) is 4.98 Å². The van der Waals surface area contributed by atoms with Crippen molar-refractivity contribution in [1.82, 2.24) is 14.9 Å². The first kappa shape index (κ1) is 20.0. The number of pyridine rings is 2. The molecule has 1 spiro atoms. The lowest BCUT2D eigenvalue weighted by Crippen LogP contribution is -2.24. The first-order valence-corrected chi connectivity index (χ1v) is 10.9. The van der Waals surface area contributed by atoms with Crippen molar-refractivity contribution in [3.8, 4) is 17.2 Å². The number of nitrogens with zero attached hydrogens (tertiary/aromatic N) is 3. The van der Waals surface area contributed by atoms with Crippen molar-refractivity contribution < 1.29 is 14.6 Å². The van der Waals surface area contributed by atoms with Gasteiger partial charge in [0, 0.05) is 49.7 Å². The highest BCUT2D eigenvalue weighted by Crippen LogP contribution is 2.52. The van der Waals surface area contributed by atoms with Crippen LogP contribution >= 0.6 is 0 Å². The van der Waals surface area contributed by atoms with Crippen molar-refractivity contribution in [3.63, 3.8) is 0 Å². The Morgan fingerprint density at radius 1 is 1.16 bits per heavy atom. The van der Waals surface area contributed by atoms with Crippen LogP contribution in [0.2, 0.25) is 0 Å². The Morgan fingerprint density at radius 3 is 2.77 bits per heavy atom. The zero-order valence-electron chi connectivity index (χ0n) is 17.8. The van der Waals surface area contributed by atoms with E-state index in [1.807, 2.05) is 43.4 Å². The molecule has 1 atom stereocenters. The van der Waals surface area contributed by atoms with Gasteiger partial charge in [0.15, 0.2) is 0 Å². The summed E-state index contributed by atoms with van der Waals surface area (Å²) in [6, 6.07) is 11.5. The minimum atomic E-state index is -0.145. The van der Waals surface area contributed by atoms with E-state index in [1.54, 1.807) is 12.4 Å². The van der Waals surface area contributed by atoms with Gasteiger partial charge in [-0.1, -0.05) is 0 Å². The summed E-state index contributed by atoms with van der Waals surface area (Å²) in [4.78, 5) is 11.1. The number of ether oxygens (including phenoxy) is 2. The lowest BCUT2D eigenvalue weighted by Gasteiger charge is -2.15. The number of anilines is 1. The molecule has 0 radical (unpaired) electrons. The van der Waals surface area contributed by atoms with E-state index < -0.39 is 0 Å². The summed E-state index contributed by atoms with van der Waals surface area (Å²) in [7, 11) is 1.83. The Morgan fingerprint density at radius 2 is 2.03 bits per heavy atom. The normalized spacial score (nSPS) is 19.6. The topological polar surface area (TPSA) is 79.7 Å². The summed E-state index contributed by atoms with van der Waals surface area (Å²) in [6.45, 7) is 3.44. The highest BCUT2D eigenvalue weighted by Gasteiger charge is 2.54. The summed E-state index contributed by atoms with van der Waals surface area (Å²) >= 11 is 0. The molecular weight excluding hydrogens is 392 g/mol. The summed E-state index contributed by atoms with van der Waals surface area (Å²) < 4.78 is 12.0. The molecular formula is C24H28N4O3. The molecule has 7 heteroatoms. The molecule has 2 fully saturated rings. The molecule has 162 valence electrons. The summed E-state index contributed by atoms with van der Waals surface area (Å²) in [5.41, 5.74) is 1.04. The number of hydrogen-bond donors (Lipinski definition) is 2. The molecule has 1 aromatic carbocycles. The van der Waals surface area contributed by atoms with Crippen molar-refractivity contribution in [3.05, 3.63) is 48.8 Å². The van der Waals surface area contributed by atoms with Crippen molar-refractivity contribution in [2.45, 2.75) is 25.4 Å². The van der Waals surface area contributed by atoms with Gasteiger partial charge in [-0.05, 0) is 49.6 Å². The van der Waals surface area contributed by atoms with Crippen LogP contribution in [0.15, 0.2) is 48.8 Å². The van der Waals surface area contributed by atoms with Gasteiger partial charge in [-0.3, -0.25) is 9.88 Å². The van der Waals surface area contributed by atoms with Crippen LogP contribution < -0.4 is 14.8 Å². The second-order valence-electron chi connectivity index (χ2n) is 8.53. The molecule has 1 aliphatic carbocycles. The van der Waals surface area contributed by atoms with E-state index in [0.29, 0.717) is 12.4 Å². The average Bonchev–Trinajstić information content (AvgIpc) is 3.51. The molecule has 3 aromatic rings. The molecule has 31 heavy (non-hydrogen) atoms. The Labute approximate surface area is 182 Å². The molecule has 5 rings (SSSR count). The molecule has 3 heterocycles. The monoisotopic (exact) mass is 420 g/mol. The Balaban J connectivity index is 1.18. The molecule has 0 bridgehead atoms. The van der Waals surface area contributed by atoms with Gasteiger partial charge in [-0.15, -0.1) is 0 Å². The zero-order chi connectivity index (χ0) is 21.3. The lowest BCUT2D eigenvalue weighted by molar-refractivity contribution is 0.131. The lowest BCUT2D eigenvalue weighted by atomic mass is 10.0. The van der Waals surface area contributed by atoms with Crippen LogP contribution in [0.3, 0.4) is 0 Å². The van der Waals surface area contributed by atoms with Crippen molar-refractivity contribution in [2.75, 3.05) is 38.6 Å². The van der Waals surface area contributed by atoms with Gasteiger partial charge < -0.3 is 19.9 Å². The molecule has 2 aromatic heterocycles. The fourth-order valence-electron chi connectivity index (χ4n) is 4.35. The number of aliphatic hydroxyl groups excluding tert-OH is 1. The number of benzene rings is 1. The molecule has 1 saturated carbocycles. The maximum absolute atomic E-state index is 10.2. The third-order valence-corrected chi connectivity index (χ3v) is 6.35. The van der Waals surface area contributed by atoms with Crippen LogP contribution in [-0.2, 0) is 0 Å². The molecule has 1 aliphatic heterocycles. The van der Waals surface area contributed by atoms with Gasteiger partial charge in [0.1, 0.15) is 23.1 Å². The minimum Gasteiger partial charge on any atom is -0.493 e. The van der Waals surface area contributed by atoms with Crippen LogP contribution in [-0.4, -0.2) is 59.4 Å². The number of β-amino-alcohol motifs (C(OH)–C–C–N with tert-alkyl or cyclic N) is 1. The molecule has 0 amide bonds. The van der Waals surface area contributed by atoms with E-state index in [4.69, 9.17) is 9.47 Å². The Kier molecular flexibility index (Phi) is 5.38. The van der Waals surface area contributed by atoms with Crippen molar-refractivity contribution in [1.29, 1.82) is 0 Å². The Bertz CT molecular complexity index is 1050. The summed E-state index contributed by atoms with van der Waals surface area (Å²) in [5.74, 6) is 3.00. The number of hydrogen-bond acceptors (Lipinski definition) is 7. The fourth-order valence-corrected chi connectivity index (χ4v) is 4.35. The van der Waals surface area contributed by atoms with Gasteiger partial charge >= 0.3 is 0 Å². The van der Waals surface area contributed by atoms with Gasteiger partial charge in [-0.2, -0.15) is 0 Å². The van der Waals surface area contributed by atoms with E-state index in [2.05, 4.69) is 20.2 Å². The highest BCUT2D eigenvalue weighted by molar-refractivity contribution is 5.86. The molecule has 7 nitrogen and oxygen atoms in total. The fraction of sp³-hybridized carbons (Fsp3) is 0.417. The van der Waals surface area contributed by atoms with Crippen LogP contribution in [0.5, 0.6) is 17.2 Å². The maximum Gasteiger partial charge on any atom is 0.145 e. The van der Waals surface area contributed by atoms with Gasteiger partial charge in [0.2, 0.25) is 0 Å². The second-order valence-corrected chi connectivity index (χ2v) is 8.53. The van der Waals surface area contributed by atoms with E-state index in [9.17, 15) is 5.11 Å². The number of aromatic nitrogens is 2. The van der Waals surface area contributed by atoms with Crippen LogP contribution in [0.25, 0.3) is 10.9 Å². The number of nitrogens with one attached hydrogen (secondary N) is 1. The summed E-state index contributed by atoms with van der Waals surface area (Å²) in [6.07, 6.45) is 6.58. The number of fused-ring (bicyclic) bond motifs is 1. The van der Waals surface area contributed by atoms with E-state index in [1.165, 1.54) is 12.8 Å². The van der Waals surface area contributed by atoms with E-state index in [0.717, 1.165) is 54.3 Å². The van der Waals surface area contributed by atoms with E-state index in [-0.39, 0.29) is 11.5 Å². The third-order valence-electron chi connectivity index (χ3n) is 6.35. The number of aliphatic hydroxyl groups is 1. The third kappa shape index (κ3) is 4.29. The molecule has 1 unspecified atom stereocenters. The number of rotatable bonds is 8. The van der Waals surface area contributed by atoms with Crippen LogP contribution in [0.4, 0.5) is 5.82 Å². The molecule has 2 N–H and O–H groups in total. The standard InChI is InChI=1S/C24H28N4O3/c1-25-23-6-4-18(14-27-23)31-21-7-10-26-20-13-17(3-5-19(20)21)30-12-2-11-28-15-22(29)24(16-28)8-9-24/h3-7,10,13-14,22,29H,2,8-9,11-12,15-16H2,1H3,(H,25,27). The van der Waals surface area contributed by atoms with Crippen LogP contribution in [0, 0.1) is 5.41 Å².